The summed E-state index contributed by atoms with van der Waals surface area (Å²) in [5, 5.41) is 3.04. The molecule has 0 saturated heterocycles. The van der Waals surface area contributed by atoms with Crippen molar-refractivity contribution >= 4 is 21.4 Å². The number of nitrogens with two attached hydrogens (primary N) is 1. The van der Waals surface area contributed by atoms with Gasteiger partial charge in [0.2, 0.25) is 10.0 Å². The third-order valence-electron chi connectivity index (χ3n) is 2.43. The first kappa shape index (κ1) is 15.7. The minimum atomic E-state index is -3.54. The van der Waals surface area contributed by atoms with E-state index < -0.39 is 10.0 Å². The van der Waals surface area contributed by atoms with Gasteiger partial charge >= 0.3 is 0 Å². The SMILES string of the molecule is CNS(=O)(=O)c1cc(N)ccc1NCCOC(C)C. The molecule has 1 aromatic rings. The second kappa shape index (κ2) is 6.74. The molecule has 0 saturated carbocycles. The molecule has 0 aliphatic heterocycles. The first-order valence-electron chi connectivity index (χ1n) is 6.05. The fraction of sp³-hybridized carbons (Fsp3) is 0.500. The van der Waals surface area contributed by atoms with Crippen molar-refractivity contribution in [3.05, 3.63) is 18.2 Å². The van der Waals surface area contributed by atoms with Crippen molar-refractivity contribution in [2.45, 2.75) is 24.8 Å². The first-order valence-corrected chi connectivity index (χ1v) is 7.53. The van der Waals surface area contributed by atoms with Crippen molar-refractivity contribution in [1.82, 2.24) is 4.72 Å². The topological polar surface area (TPSA) is 93.5 Å². The molecule has 0 aliphatic rings. The smallest absolute Gasteiger partial charge is 0.242 e. The summed E-state index contributed by atoms with van der Waals surface area (Å²) in [6.07, 6.45) is 0.147. The van der Waals surface area contributed by atoms with Crippen LogP contribution in [0.5, 0.6) is 0 Å². The van der Waals surface area contributed by atoms with Gasteiger partial charge < -0.3 is 15.8 Å². The number of hydrogen-bond acceptors (Lipinski definition) is 5. The van der Waals surface area contributed by atoms with E-state index in [1.807, 2.05) is 13.8 Å². The van der Waals surface area contributed by atoms with Crippen LogP contribution in [0.1, 0.15) is 13.8 Å². The summed E-state index contributed by atoms with van der Waals surface area (Å²) < 4.78 is 31.4. The zero-order chi connectivity index (χ0) is 14.5. The molecule has 0 heterocycles. The summed E-state index contributed by atoms with van der Waals surface area (Å²) in [5.74, 6) is 0. The average molecular weight is 287 g/mol. The molecule has 6 nitrogen and oxygen atoms in total. The number of hydrogen-bond donors (Lipinski definition) is 3. The van der Waals surface area contributed by atoms with Gasteiger partial charge in [0.25, 0.3) is 0 Å². The van der Waals surface area contributed by atoms with E-state index in [1.54, 1.807) is 12.1 Å². The maximum Gasteiger partial charge on any atom is 0.242 e. The predicted molar refractivity (Wildman–Crippen MR) is 76.7 cm³/mol. The van der Waals surface area contributed by atoms with E-state index in [-0.39, 0.29) is 11.0 Å². The van der Waals surface area contributed by atoms with Crippen LogP contribution in [0.4, 0.5) is 11.4 Å². The number of sulfonamides is 1. The van der Waals surface area contributed by atoms with Gasteiger partial charge in [-0.3, -0.25) is 0 Å². The van der Waals surface area contributed by atoms with Crippen LogP contribution < -0.4 is 15.8 Å². The second-order valence-corrected chi connectivity index (χ2v) is 6.16. The van der Waals surface area contributed by atoms with Crippen molar-refractivity contribution in [2.24, 2.45) is 0 Å². The molecule has 0 radical (unpaired) electrons. The van der Waals surface area contributed by atoms with Gasteiger partial charge in [0, 0.05) is 12.2 Å². The fourth-order valence-corrected chi connectivity index (χ4v) is 2.44. The zero-order valence-corrected chi connectivity index (χ0v) is 12.3. The lowest BCUT2D eigenvalue weighted by Gasteiger charge is -2.13. The molecule has 0 atom stereocenters. The Kier molecular flexibility index (Phi) is 5.59. The fourth-order valence-electron chi connectivity index (χ4n) is 1.50. The Labute approximate surface area is 114 Å². The van der Waals surface area contributed by atoms with Crippen LogP contribution in [0.25, 0.3) is 0 Å². The van der Waals surface area contributed by atoms with E-state index >= 15 is 0 Å². The highest BCUT2D eigenvalue weighted by molar-refractivity contribution is 7.89. The van der Waals surface area contributed by atoms with Gasteiger partial charge in [0.15, 0.2) is 0 Å². The molecule has 108 valence electrons. The molecule has 1 rings (SSSR count). The highest BCUT2D eigenvalue weighted by atomic mass is 32.2. The Morgan fingerprint density at radius 1 is 1.37 bits per heavy atom. The highest BCUT2D eigenvalue weighted by Crippen LogP contribution is 2.23. The largest absolute Gasteiger partial charge is 0.399 e. The van der Waals surface area contributed by atoms with E-state index in [0.717, 1.165) is 0 Å². The standard InChI is InChI=1S/C12H21N3O3S/c1-9(2)18-7-6-15-11-5-4-10(13)8-12(11)19(16,17)14-3/h4-5,8-9,14-15H,6-7,13H2,1-3H3. The normalized spacial score (nSPS) is 11.8. The summed E-state index contributed by atoms with van der Waals surface area (Å²) in [4.78, 5) is 0.138. The number of nitrogen functional groups attached to an aromatic ring is 1. The van der Waals surface area contributed by atoms with E-state index in [9.17, 15) is 8.42 Å². The Morgan fingerprint density at radius 3 is 2.63 bits per heavy atom. The minimum absolute atomic E-state index is 0.138. The minimum Gasteiger partial charge on any atom is -0.399 e. The molecule has 4 N–H and O–H groups in total. The second-order valence-electron chi connectivity index (χ2n) is 4.31. The number of nitrogens with one attached hydrogen (secondary N) is 2. The van der Waals surface area contributed by atoms with Gasteiger partial charge in [0.1, 0.15) is 4.90 Å². The van der Waals surface area contributed by atoms with Crippen LogP contribution >= 0.6 is 0 Å². The summed E-state index contributed by atoms with van der Waals surface area (Å²) in [6, 6.07) is 4.73. The molecule has 0 bridgehead atoms. The summed E-state index contributed by atoms with van der Waals surface area (Å²) in [7, 11) is -2.17. The molecule has 7 heteroatoms. The van der Waals surface area contributed by atoms with E-state index in [2.05, 4.69) is 10.0 Å². The summed E-state index contributed by atoms with van der Waals surface area (Å²) in [5.41, 5.74) is 6.54. The third-order valence-corrected chi connectivity index (χ3v) is 3.89. The van der Waals surface area contributed by atoms with Crippen LogP contribution in [0, 0.1) is 0 Å². The van der Waals surface area contributed by atoms with Crippen LogP contribution in [0.15, 0.2) is 23.1 Å². The summed E-state index contributed by atoms with van der Waals surface area (Å²) in [6.45, 7) is 4.91. The quantitative estimate of drug-likeness (QED) is 0.514. The van der Waals surface area contributed by atoms with Crippen LogP contribution in [0.2, 0.25) is 0 Å². The molecule has 0 aliphatic carbocycles. The van der Waals surface area contributed by atoms with E-state index in [1.165, 1.54) is 13.1 Å². The average Bonchev–Trinajstić information content (AvgIpc) is 2.35. The lowest BCUT2D eigenvalue weighted by Crippen LogP contribution is -2.21. The predicted octanol–water partition coefficient (Wildman–Crippen LogP) is 1.01. The highest BCUT2D eigenvalue weighted by Gasteiger charge is 2.16. The van der Waals surface area contributed by atoms with Crippen LogP contribution in [0.3, 0.4) is 0 Å². The van der Waals surface area contributed by atoms with Crippen molar-refractivity contribution < 1.29 is 13.2 Å². The maximum absolute atomic E-state index is 11.9. The number of ether oxygens (including phenoxy) is 1. The van der Waals surface area contributed by atoms with Crippen LogP contribution in [-0.2, 0) is 14.8 Å². The van der Waals surface area contributed by atoms with E-state index in [4.69, 9.17) is 10.5 Å². The Balaban J connectivity index is 2.83. The first-order chi connectivity index (χ1) is 8.86. The maximum atomic E-state index is 11.9. The lowest BCUT2D eigenvalue weighted by molar-refractivity contribution is 0.0870. The van der Waals surface area contributed by atoms with Crippen molar-refractivity contribution in [1.29, 1.82) is 0 Å². The Morgan fingerprint density at radius 2 is 2.05 bits per heavy atom. The molecule has 0 amide bonds. The van der Waals surface area contributed by atoms with Crippen molar-refractivity contribution in [3.63, 3.8) is 0 Å². The molecule has 0 fully saturated rings. The van der Waals surface area contributed by atoms with Gasteiger partial charge in [-0.05, 0) is 39.1 Å². The molecular weight excluding hydrogens is 266 g/mol. The van der Waals surface area contributed by atoms with Gasteiger partial charge in [-0.1, -0.05) is 0 Å². The van der Waals surface area contributed by atoms with E-state index in [0.29, 0.717) is 24.5 Å². The molecule has 0 unspecified atom stereocenters. The van der Waals surface area contributed by atoms with Gasteiger partial charge in [-0.15, -0.1) is 0 Å². The van der Waals surface area contributed by atoms with Gasteiger partial charge in [-0.2, -0.15) is 0 Å². The lowest BCUT2D eigenvalue weighted by atomic mass is 10.3. The molecular formula is C12H21N3O3S. The van der Waals surface area contributed by atoms with Crippen LogP contribution in [-0.4, -0.2) is 34.7 Å². The molecule has 0 spiro atoms. The number of rotatable bonds is 7. The van der Waals surface area contributed by atoms with Crippen molar-refractivity contribution in [2.75, 3.05) is 31.2 Å². The number of anilines is 2. The third kappa shape index (κ3) is 4.70. The Bertz CT molecular complexity index is 515. The summed E-state index contributed by atoms with van der Waals surface area (Å²) >= 11 is 0. The van der Waals surface area contributed by atoms with Gasteiger partial charge in [-0.25, -0.2) is 13.1 Å². The monoisotopic (exact) mass is 287 g/mol. The molecule has 0 aromatic heterocycles. The number of benzene rings is 1. The molecule has 1 aromatic carbocycles. The molecule has 19 heavy (non-hydrogen) atoms. The van der Waals surface area contributed by atoms with Gasteiger partial charge in [0.05, 0.1) is 18.4 Å². The zero-order valence-electron chi connectivity index (χ0n) is 11.4. The Hall–Kier alpha value is -1.31. The van der Waals surface area contributed by atoms with Crippen molar-refractivity contribution in [3.8, 4) is 0 Å².